The molecule has 0 N–H and O–H groups in total. The number of rotatable bonds is 0. The van der Waals surface area contributed by atoms with Crippen molar-refractivity contribution < 1.29 is 0 Å². The Morgan fingerprint density at radius 1 is 1.08 bits per heavy atom. The molecular formula is C11H10ClN. The van der Waals surface area contributed by atoms with Gasteiger partial charge in [-0.2, -0.15) is 0 Å². The Morgan fingerprint density at radius 2 is 1.85 bits per heavy atom. The van der Waals surface area contributed by atoms with Gasteiger partial charge in [-0.3, -0.25) is 4.98 Å². The van der Waals surface area contributed by atoms with Crippen LogP contribution in [-0.2, 0) is 0 Å². The van der Waals surface area contributed by atoms with Gasteiger partial charge in [0, 0.05) is 16.1 Å². The van der Waals surface area contributed by atoms with E-state index in [2.05, 4.69) is 4.98 Å². The second-order valence-corrected chi connectivity index (χ2v) is 3.62. The molecule has 1 aromatic heterocycles. The van der Waals surface area contributed by atoms with Crippen LogP contribution in [0.5, 0.6) is 0 Å². The van der Waals surface area contributed by atoms with E-state index in [9.17, 15) is 0 Å². The minimum Gasteiger partial charge on any atom is -0.253 e. The molecule has 0 spiro atoms. The van der Waals surface area contributed by atoms with Gasteiger partial charge in [-0.15, -0.1) is 0 Å². The fourth-order valence-corrected chi connectivity index (χ4v) is 1.63. The standard InChI is InChI=1S/C11H10ClN/c1-7-3-6-10(12)9-5-4-8(2)13-11(7)9/h3-6H,1-2H3. The Kier molecular flexibility index (Phi) is 1.97. The molecule has 0 aliphatic rings. The van der Waals surface area contributed by atoms with Gasteiger partial charge in [0.25, 0.3) is 0 Å². The largest absolute Gasteiger partial charge is 0.253 e. The van der Waals surface area contributed by atoms with Crippen molar-refractivity contribution in [2.45, 2.75) is 13.8 Å². The lowest BCUT2D eigenvalue weighted by Gasteiger charge is -2.03. The molecule has 2 rings (SSSR count). The van der Waals surface area contributed by atoms with Crippen LogP contribution in [0.15, 0.2) is 24.3 Å². The SMILES string of the molecule is Cc1ccc2c(Cl)ccc(C)c2n1. The molecule has 0 aliphatic heterocycles. The molecule has 0 fully saturated rings. The summed E-state index contributed by atoms with van der Waals surface area (Å²) < 4.78 is 0. The zero-order valence-corrected chi connectivity index (χ0v) is 8.39. The number of aryl methyl sites for hydroxylation is 2. The van der Waals surface area contributed by atoms with Gasteiger partial charge in [-0.25, -0.2) is 0 Å². The van der Waals surface area contributed by atoms with Crippen molar-refractivity contribution in [3.8, 4) is 0 Å². The lowest BCUT2D eigenvalue weighted by atomic mass is 10.1. The highest BCUT2D eigenvalue weighted by atomic mass is 35.5. The highest BCUT2D eigenvalue weighted by molar-refractivity contribution is 6.35. The summed E-state index contributed by atoms with van der Waals surface area (Å²) in [5, 5.41) is 1.81. The Bertz CT molecular complexity index is 463. The van der Waals surface area contributed by atoms with Crippen molar-refractivity contribution in [1.82, 2.24) is 4.98 Å². The van der Waals surface area contributed by atoms with Crippen molar-refractivity contribution in [3.05, 3.63) is 40.5 Å². The number of hydrogen-bond donors (Lipinski definition) is 0. The van der Waals surface area contributed by atoms with E-state index in [-0.39, 0.29) is 0 Å². The first-order valence-corrected chi connectivity index (χ1v) is 4.59. The molecule has 66 valence electrons. The summed E-state index contributed by atoms with van der Waals surface area (Å²) in [6.07, 6.45) is 0. The van der Waals surface area contributed by atoms with E-state index in [1.165, 1.54) is 5.56 Å². The van der Waals surface area contributed by atoms with Gasteiger partial charge >= 0.3 is 0 Å². The molecule has 1 nitrogen and oxygen atoms in total. The summed E-state index contributed by atoms with van der Waals surface area (Å²) >= 11 is 6.04. The van der Waals surface area contributed by atoms with Crippen LogP contribution in [0.25, 0.3) is 10.9 Å². The van der Waals surface area contributed by atoms with Crippen molar-refractivity contribution >= 4 is 22.5 Å². The maximum atomic E-state index is 6.04. The summed E-state index contributed by atoms with van der Waals surface area (Å²) in [6, 6.07) is 7.91. The summed E-state index contributed by atoms with van der Waals surface area (Å²) in [7, 11) is 0. The minimum atomic E-state index is 0.771. The lowest BCUT2D eigenvalue weighted by molar-refractivity contribution is 1.24. The zero-order chi connectivity index (χ0) is 9.42. The number of fused-ring (bicyclic) bond motifs is 1. The molecule has 0 aliphatic carbocycles. The summed E-state index contributed by atoms with van der Waals surface area (Å²) in [5.41, 5.74) is 3.20. The van der Waals surface area contributed by atoms with Gasteiger partial charge in [0.1, 0.15) is 0 Å². The number of halogens is 1. The van der Waals surface area contributed by atoms with Crippen molar-refractivity contribution in [1.29, 1.82) is 0 Å². The quantitative estimate of drug-likeness (QED) is 0.621. The molecule has 0 saturated carbocycles. The summed E-state index contributed by atoms with van der Waals surface area (Å²) in [4.78, 5) is 4.45. The van der Waals surface area contributed by atoms with E-state index in [0.29, 0.717) is 0 Å². The number of benzene rings is 1. The highest BCUT2D eigenvalue weighted by Crippen LogP contribution is 2.24. The number of nitrogens with zero attached hydrogens (tertiary/aromatic N) is 1. The van der Waals surface area contributed by atoms with Crippen molar-refractivity contribution in [3.63, 3.8) is 0 Å². The van der Waals surface area contributed by atoms with Gasteiger partial charge in [0.2, 0.25) is 0 Å². The van der Waals surface area contributed by atoms with Crippen LogP contribution >= 0.6 is 11.6 Å². The van der Waals surface area contributed by atoms with Crippen molar-refractivity contribution in [2.75, 3.05) is 0 Å². The molecule has 0 atom stereocenters. The monoisotopic (exact) mass is 191 g/mol. The minimum absolute atomic E-state index is 0.771. The van der Waals surface area contributed by atoms with E-state index in [0.717, 1.165) is 21.6 Å². The summed E-state index contributed by atoms with van der Waals surface area (Å²) in [6.45, 7) is 4.03. The first kappa shape index (κ1) is 8.52. The van der Waals surface area contributed by atoms with Crippen LogP contribution < -0.4 is 0 Å². The van der Waals surface area contributed by atoms with E-state index in [1.807, 2.05) is 38.1 Å². The third-order valence-electron chi connectivity index (χ3n) is 2.14. The fraction of sp³-hybridized carbons (Fsp3) is 0.182. The second kappa shape index (κ2) is 3.00. The molecule has 2 aromatic rings. The molecule has 1 aromatic carbocycles. The predicted molar refractivity (Wildman–Crippen MR) is 56.2 cm³/mol. The summed E-state index contributed by atoms with van der Waals surface area (Å²) in [5.74, 6) is 0. The van der Waals surface area contributed by atoms with Gasteiger partial charge in [-0.1, -0.05) is 17.7 Å². The third-order valence-corrected chi connectivity index (χ3v) is 2.47. The van der Waals surface area contributed by atoms with E-state index in [1.54, 1.807) is 0 Å². The molecular weight excluding hydrogens is 182 g/mol. The van der Waals surface area contributed by atoms with Gasteiger partial charge in [0.05, 0.1) is 5.52 Å². The Morgan fingerprint density at radius 3 is 2.62 bits per heavy atom. The van der Waals surface area contributed by atoms with Crippen LogP contribution in [0.4, 0.5) is 0 Å². The fourth-order valence-electron chi connectivity index (χ4n) is 1.42. The van der Waals surface area contributed by atoms with E-state index < -0.39 is 0 Å². The molecule has 0 radical (unpaired) electrons. The first-order valence-electron chi connectivity index (χ1n) is 4.21. The zero-order valence-electron chi connectivity index (χ0n) is 7.63. The molecule has 13 heavy (non-hydrogen) atoms. The van der Waals surface area contributed by atoms with Crippen LogP contribution in [0.1, 0.15) is 11.3 Å². The lowest BCUT2D eigenvalue weighted by Crippen LogP contribution is -1.86. The topological polar surface area (TPSA) is 12.9 Å². The average molecular weight is 192 g/mol. The molecule has 0 bridgehead atoms. The van der Waals surface area contributed by atoms with Crippen LogP contribution in [0.3, 0.4) is 0 Å². The maximum Gasteiger partial charge on any atom is 0.0749 e. The molecule has 0 unspecified atom stereocenters. The molecule has 0 saturated heterocycles. The molecule has 2 heteroatoms. The number of pyridine rings is 1. The van der Waals surface area contributed by atoms with Crippen LogP contribution in [0.2, 0.25) is 5.02 Å². The Hall–Kier alpha value is -1.08. The normalized spacial score (nSPS) is 10.7. The maximum absolute atomic E-state index is 6.04. The Labute approximate surface area is 82.4 Å². The van der Waals surface area contributed by atoms with Crippen LogP contribution in [0, 0.1) is 13.8 Å². The number of aromatic nitrogens is 1. The molecule has 1 heterocycles. The molecule has 0 amide bonds. The van der Waals surface area contributed by atoms with Crippen molar-refractivity contribution in [2.24, 2.45) is 0 Å². The average Bonchev–Trinajstić information content (AvgIpc) is 2.12. The first-order chi connectivity index (χ1) is 6.18. The second-order valence-electron chi connectivity index (χ2n) is 3.21. The van der Waals surface area contributed by atoms with E-state index >= 15 is 0 Å². The van der Waals surface area contributed by atoms with E-state index in [4.69, 9.17) is 11.6 Å². The number of hydrogen-bond acceptors (Lipinski definition) is 1. The van der Waals surface area contributed by atoms with Gasteiger partial charge in [0.15, 0.2) is 0 Å². The highest BCUT2D eigenvalue weighted by Gasteiger charge is 2.02. The smallest absolute Gasteiger partial charge is 0.0749 e. The Balaban J connectivity index is 2.92. The van der Waals surface area contributed by atoms with Crippen LogP contribution in [-0.4, -0.2) is 4.98 Å². The third kappa shape index (κ3) is 1.40. The van der Waals surface area contributed by atoms with Gasteiger partial charge in [-0.05, 0) is 37.6 Å². The van der Waals surface area contributed by atoms with Gasteiger partial charge < -0.3 is 0 Å². The predicted octanol–water partition coefficient (Wildman–Crippen LogP) is 3.51.